The number of ether oxygens (including phenoxy) is 3. The molecule has 190 valence electrons. The fraction of sp³-hybridized carbons (Fsp3) is 0.148. The Kier molecular flexibility index (Phi) is 7.38. The summed E-state index contributed by atoms with van der Waals surface area (Å²) >= 11 is 0. The number of carbonyl (C=O) groups excluding carboxylic acids is 1. The fourth-order valence-corrected chi connectivity index (χ4v) is 3.83. The van der Waals surface area contributed by atoms with Crippen LogP contribution in [0.4, 0.5) is 4.39 Å². The minimum atomic E-state index is -0.547. The van der Waals surface area contributed by atoms with Gasteiger partial charge in [0.25, 0.3) is 11.5 Å². The van der Waals surface area contributed by atoms with Crippen LogP contribution < -0.4 is 25.2 Å². The number of nitrogens with zero attached hydrogens (tertiary/aromatic N) is 2. The molecule has 0 aliphatic heterocycles. The summed E-state index contributed by atoms with van der Waals surface area (Å²) in [6, 6.07) is 17.7. The summed E-state index contributed by atoms with van der Waals surface area (Å²) in [6.45, 7) is 1.61. The molecular formula is C27H25FN4O5. The summed E-state index contributed by atoms with van der Waals surface area (Å²) in [7, 11) is 4.36. The third kappa shape index (κ3) is 5.08. The van der Waals surface area contributed by atoms with Gasteiger partial charge in [0.05, 0.1) is 44.0 Å². The molecule has 0 aliphatic rings. The quantitative estimate of drug-likeness (QED) is 0.277. The van der Waals surface area contributed by atoms with E-state index in [4.69, 9.17) is 14.2 Å². The molecule has 0 unspecified atom stereocenters. The van der Waals surface area contributed by atoms with Crippen LogP contribution in [0.2, 0.25) is 0 Å². The first-order chi connectivity index (χ1) is 17.9. The van der Waals surface area contributed by atoms with Crippen LogP contribution in [0.3, 0.4) is 0 Å². The molecule has 1 heterocycles. The highest BCUT2D eigenvalue weighted by molar-refractivity contribution is 6.04. The minimum Gasteiger partial charge on any atom is -0.493 e. The Hall–Kier alpha value is -4.86. The van der Waals surface area contributed by atoms with E-state index in [-0.39, 0.29) is 16.8 Å². The number of H-pyrrole nitrogens is 1. The van der Waals surface area contributed by atoms with Crippen molar-refractivity contribution in [2.45, 2.75) is 6.92 Å². The van der Waals surface area contributed by atoms with Crippen LogP contribution in [0, 0.1) is 5.82 Å². The molecule has 1 amide bonds. The van der Waals surface area contributed by atoms with E-state index >= 15 is 0 Å². The Morgan fingerprint density at radius 3 is 2.14 bits per heavy atom. The maximum atomic E-state index is 13.5. The van der Waals surface area contributed by atoms with Crippen molar-refractivity contribution in [3.05, 3.63) is 94.0 Å². The lowest BCUT2D eigenvalue weighted by Crippen LogP contribution is -2.23. The van der Waals surface area contributed by atoms with Crippen LogP contribution in [0.15, 0.2) is 76.6 Å². The van der Waals surface area contributed by atoms with Crippen LogP contribution in [0.25, 0.3) is 16.9 Å². The zero-order valence-electron chi connectivity index (χ0n) is 20.7. The number of carbonyl (C=O) groups is 1. The summed E-state index contributed by atoms with van der Waals surface area (Å²) < 4.78 is 30.7. The number of hydrazone groups is 1. The van der Waals surface area contributed by atoms with Gasteiger partial charge >= 0.3 is 0 Å². The van der Waals surface area contributed by atoms with Crippen LogP contribution in [0.1, 0.15) is 22.8 Å². The van der Waals surface area contributed by atoms with Gasteiger partial charge in [-0.2, -0.15) is 5.10 Å². The summed E-state index contributed by atoms with van der Waals surface area (Å²) in [5.41, 5.74) is 4.49. The maximum absolute atomic E-state index is 13.5. The van der Waals surface area contributed by atoms with Crippen LogP contribution in [0.5, 0.6) is 17.2 Å². The monoisotopic (exact) mass is 504 g/mol. The predicted octanol–water partition coefficient (Wildman–Crippen LogP) is 4.15. The van der Waals surface area contributed by atoms with E-state index in [9.17, 15) is 14.0 Å². The predicted molar refractivity (Wildman–Crippen MR) is 138 cm³/mol. The molecule has 0 radical (unpaired) electrons. The number of rotatable bonds is 8. The van der Waals surface area contributed by atoms with Gasteiger partial charge in [-0.3, -0.25) is 14.7 Å². The molecule has 4 rings (SSSR count). The highest BCUT2D eigenvalue weighted by Crippen LogP contribution is 2.38. The van der Waals surface area contributed by atoms with Crippen molar-refractivity contribution < 1.29 is 23.4 Å². The lowest BCUT2D eigenvalue weighted by Gasteiger charge is -2.13. The number of hydrogen-bond acceptors (Lipinski definition) is 6. The Bertz CT molecular complexity index is 1480. The molecule has 10 heteroatoms. The van der Waals surface area contributed by atoms with E-state index in [1.807, 2.05) is 30.3 Å². The van der Waals surface area contributed by atoms with Gasteiger partial charge < -0.3 is 14.2 Å². The molecule has 4 aromatic rings. The van der Waals surface area contributed by atoms with Crippen molar-refractivity contribution in [2.24, 2.45) is 5.10 Å². The number of benzene rings is 3. The second-order valence-corrected chi connectivity index (χ2v) is 7.90. The molecule has 0 fully saturated rings. The molecule has 0 saturated carbocycles. The average molecular weight is 505 g/mol. The molecule has 0 bridgehead atoms. The number of amides is 1. The van der Waals surface area contributed by atoms with E-state index in [0.717, 1.165) is 5.56 Å². The summed E-state index contributed by atoms with van der Waals surface area (Å²) in [5, 5.41) is 7.29. The van der Waals surface area contributed by atoms with Crippen molar-refractivity contribution >= 4 is 11.6 Å². The number of halogens is 1. The first kappa shape index (κ1) is 25.2. The topological polar surface area (TPSA) is 107 Å². The average Bonchev–Trinajstić information content (AvgIpc) is 3.28. The van der Waals surface area contributed by atoms with Crippen molar-refractivity contribution in [3.63, 3.8) is 0 Å². The van der Waals surface area contributed by atoms with Gasteiger partial charge in [-0.25, -0.2) is 14.5 Å². The van der Waals surface area contributed by atoms with Gasteiger partial charge in [-0.05, 0) is 43.3 Å². The highest BCUT2D eigenvalue weighted by atomic mass is 19.1. The second-order valence-electron chi connectivity index (χ2n) is 7.90. The zero-order valence-corrected chi connectivity index (χ0v) is 20.7. The van der Waals surface area contributed by atoms with Gasteiger partial charge in [0.1, 0.15) is 5.82 Å². The van der Waals surface area contributed by atoms with Crippen molar-refractivity contribution in [1.29, 1.82) is 0 Å². The lowest BCUT2D eigenvalue weighted by atomic mass is 10.1. The standard InChI is InChI=1S/C27H25FN4O5/c1-16(29-30-26(33)18-14-21(35-2)25(37-4)22(15-18)36-3)23-24(17-8-6-5-7-9-17)31-32(27(23)34)20-12-10-19(28)11-13-20/h5-15,31H,1-4H3,(H,30,33). The van der Waals surface area contributed by atoms with Crippen molar-refractivity contribution in [1.82, 2.24) is 15.2 Å². The number of hydrogen-bond donors (Lipinski definition) is 2. The molecule has 0 saturated heterocycles. The zero-order chi connectivity index (χ0) is 26.5. The Morgan fingerprint density at radius 2 is 1.57 bits per heavy atom. The Morgan fingerprint density at radius 1 is 0.946 bits per heavy atom. The Balaban J connectivity index is 1.73. The summed E-state index contributed by atoms with van der Waals surface area (Å²) in [6.07, 6.45) is 0. The molecule has 0 atom stereocenters. The fourth-order valence-electron chi connectivity index (χ4n) is 3.83. The van der Waals surface area contributed by atoms with E-state index in [2.05, 4.69) is 15.6 Å². The number of methoxy groups -OCH3 is 3. The molecule has 9 nitrogen and oxygen atoms in total. The minimum absolute atomic E-state index is 0.215. The first-order valence-corrected chi connectivity index (χ1v) is 11.2. The van der Waals surface area contributed by atoms with Crippen LogP contribution in [-0.4, -0.2) is 42.7 Å². The lowest BCUT2D eigenvalue weighted by molar-refractivity contribution is 0.0954. The molecular weight excluding hydrogens is 479 g/mol. The van der Waals surface area contributed by atoms with Gasteiger partial charge in [0, 0.05) is 11.1 Å². The third-order valence-corrected chi connectivity index (χ3v) is 5.65. The van der Waals surface area contributed by atoms with E-state index < -0.39 is 17.3 Å². The second kappa shape index (κ2) is 10.8. The van der Waals surface area contributed by atoms with E-state index in [1.54, 1.807) is 6.92 Å². The molecule has 2 N–H and O–H groups in total. The van der Waals surface area contributed by atoms with Crippen LogP contribution >= 0.6 is 0 Å². The largest absolute Gasteiger partial charge is 0.493 e. The van der Waals surface area contributed by atoms with E-state index in [0.29, 0.717) is 28.6 Å². The summed E-state index contributed by atoms with van der Waals surface area (Å²) in [5.74, 6) is 0.00883. The van der Waals surface area contributed by atoms with Gasteiger partial charge in [0.15, 0.2) is 11.5 Å². The molecule has 3 aromatic carbocycles. The normalized spacial score (nSPS) is 11.2. The Labute approximate surface area is 212 Å². The SMILES string of the molecule is COc1cc(C(=O)NN=C(C)c2c(-c3ccccc3)[nH]n(-c3ccc(F)cc3)c2=O)cc(OC)c1OC. The molecule has 1 aromatic heterocycles. The third-order valence-electron chi connectivity index (χ3n) is 5.65. The van der Waals surface area contributed by atoms with Gasteiger partial charge in [-0.1, -0.05) is 30.3 Å². The number of aromatic nitrogens is 2. The van der Waals surface area contributed by atoms with Gasteiger partial charge in [0.2, 0.25) is 5.75 Å². The smallest absolute Gasteiger partial charge is 0.281 e. The highest BCUT2D eigenvalue weighted by Gasteiger charge is 2.21. The number of aromatic amines is 1. The molecule has 0 aliphatic carbocycles. The van der Waals surface area contributed by atoms with Gasteiger partial charge in [-0.15, -0.1) is 0 Å². The molecule has 0 spiro atoms. The maximum Gasteiger partial charge on any atom is 0.281 e. The van der Waals surface area contributed by atoms with E-state index in [1.165, 1.54) is 62.4 Å². The van der Waals surface area contributed by atoms with Crippen LogP contribution in [-0.2, 0) is 0 Å². The van der Waals surface area contributed by atoms with Crippen molar-refractivity contribution in [2.75, 3.05) is 21.3 Å². The first-order valence-electron chi connectivity index (χ1n) is 11.2. The summed E-state index contributed by atoms with van der Waals surface area (Å²) in [4.78, 5) is 26.4. The van der Waals surface area contributed by atoms with Crippen molar-refractivity contribution in [3.8, 4) is 34.2 Å². The molecule has 37 heavy (non-hydrogen) atoms. The number of nitrogens with one attached hydrogen (secondary N) is 2.